The van der Waals surface area contributed by atoms with E-state index in [-0.39, 0.29) is 23.7 Å². The Morgan fingerprint density at radius 1 is 1.16 bits per heavy atom. The molecule has 9 heteroatoms. The molecule has 2 saturated carbocycles. The van der Waals surface area contributed by atoms with Crippen molar-refractivity contribution < 1.29 is 19.6 Å². The first kappa shape index (κ1) is 22.6. The summed E-state index contributed by atoms with van der Waals surface area (Å²) in [6, 6.07) is 3.17. The number of ether oxygens (including phenoxy) is 1. The third kappa shape index (κ3) is 4.77. The van der Waals surface area contributed by atoms with Gasteiger partial charge >= 0.3 is 5.69 Å². The molecule has 1 N–H and O–H groups in total. The zero-order chi connectivity index (χ0) is 22.7. The Kier molecular flexibility index (Phi) is 7.03. The smallest absolute Gasteiger partial charge is 0.315 e. The first-order chi connectivity index (χ1) is 15.5. The van der Waals surface area contributed by atoms with Crippen LogP contribution in [0.25, 0.3) is 6.08 Å². The molecule has 1 amide bonds. The minimum Gasteiger partial charge on any atom is -0.500 e. The van der Waals surface area contributed by atoms with Crippen molar-refractivity contribution in [2.75, 3.05) is 7.11 Å². The molecule has 0 aromatic heterocycles. The molecule has 1 heterocycles. The van der Waals surface area contributed by atoms with Crippen LogP contribution in [0.1, 0.15) is 69.8 Å². The van der Waals surface area contributed by atoms with Crippen molar-refractivity contribution in [3.05, 3.63) is 32.7 Å². The SMILES string of the molecule is COc1cc(C=C2SC(=NC3CCCCC3)N(C3CCCCC3)C2=O)cc([N+](=O)[O-])c1O. The van der Waals surface area contributed by atoms with Gasteiger partial charge < -0.3 is 9.84 Å². The number of nitro groups is 1. The van der Waals surface area contributed by atoms with Crippen molar-refractivity contribution >= 4 is 34.6 Å². The lowest BCUT2D eigenvalue weighted by molar-refractivity contribution is -0.386. The maximum atomic E-state index is 13.4. The van der Waals surface area contributed by atoms with Gasteiger partial charge in [0.25, 0.3) is 5.91 Å². The minimum atomic E-state index is -0.659. The van der Waals surface area contributed by atoms with Crippen LogP contribution in [0.5, 0.6) is 11.5 Å². The van der Waals surface area contributed by atoms with Gasteiger partial charge in [0.15, 0.2) is 10.9 Å². The van der Waals surface area contributed by atoms with E-state index in [2.05, 4.69) is 0 Å². The number of hydrogen-bond acceptors (Lipinski definition) is 7. The topological polar surface area (TPSA) is 105 Å². The number of thioether (sulfide) groups is 1. The molecule has 32 heavy (non-hydrogen) atoms. The van der Waals surface area contributed by atoms with Crippen LogP contribution in [0.15, 0.2) is 22.0 Å². The monoisotopic (exact) mass is 459 g/mol. The lowest BCUT2D eigenvalue weighted by Gasteiger charge is -2.31. The number of benzene rings is 1. The van der Waals surface area contributed by atoms with Gasteiger partial charge in [0, 0.05) is 12.1 Å². The Morgan fingerprint density at radius 2 is 1.81 bits per heavy atom. The number of amidine groups is 1. The number of methoxy groups -OCH3 is 1. The van der Waals surface area contributed by atoms with Crippen LogP contribution in [0.3, 0.4) is 0 Å². The van der Waals surface area contributed by atoms with Crippen LogP contribution in [0, 0.1) is 10.1 Å². The molecule has 1 saturated heterocycles. The van der Waals surface area contributed by atoms with Gasteiger partial charge in [-0.2, -0.15) is 0 Å². The van der Waals surface area contributed by atoms with Gasteiger partial charge in [-0.15, -0.1) is 0 Å². The lowest BCUT2D eigenvalue weighted by atomic mass is 9.94. The molecule has 3 aliphatic rings. The van der Waals surface area contributed by atoms with Crippen molar-refractivity contribution in [3.8, 4) is 11.5 Å². The summed E-state index contributed by atoms with van der Waals surface area (Å²) >= 11 is 1.36. The van der Waals surface area contributed by atoms with E-state index in [1.165, 1.54) is 56.7 Å². The van der Waals surface area contributed by atoms with Crippen LogP contribution < -0.4 is 4.74 Å². The van der Waals surface area contributed by atoms with E-state index >= 15 is 0 Å². The summed E-state index contributed by atoms with van der Waals surface area (Å²) in [7, 11) is 1.34. The number of nitro benzene ring substituents is 1. The zero-order valence-electron chi connectivity index (χ0n) is 18.3. The van der Waals surface area contributed by atoms with E-state index in [0.29, 0.717) is 10.5 Å². The normalized spacial score (nSPS) is 23.3. The van der Waals surface area contributed by atoms with Crippen molar-refractivity contribution in [3.63, 3.8) is 0 Å². The van der Waals surface area contributed by atoms with Crippen LogP contribution in [-0.2, 0) is 4.79 Å². The maximum Gasteiger partial charge on any atom is 0.315 e. The number of aromatic hydroxyl groups is 1. The molecule has 1 aromatic carbocycles. The molecular formula is C23H29N3O5S. The van der Waals surface area contributed by atoms with E-state index < -0.39 is 16.4 Å². The molecule has 1 aromatic rings. The van der Waals surface area contributed by atoms with Gasteiger partial charge in [-0.3, -0.25) is 24.8 Å². The molecule has 172 valence electrons. The van der Waals surface area contributed by atoms with Crippen molar-refractivity contribution in [1.82, 2.24) is 4.90 Å². The summed E-state index contributed by atoms with van der Waals surface area (Å²) in [5.41, 5.74) is -0.0170. The number of amides is 1. The van der Waals surface area contributed by atoms with Crippen molar-refractivity contribution in [2.45, 2.75) is 76.3 Å². The standard InChI is InChI=1S/C23H29N3O5S/c1-31-19-13-15(12-18(21(19)27)26(29)30)14-20-22(28)25(17-10-6-3-7-11-17)23(32-20)24-16-8-4-2-5-9-16/h12-14,16-17,27H,2-11H2,1H3. The van der Waals surface area contributed by atoms with E-state index in [1.807, 2.05) is 4.90 Å². The highest BCUT2D eigenvalue weighted by atomic mass is 32.2. The predicted molar refractivity (Wildman–Crippen MR) is 125 cm³/mol. The molecule has 8 nitrogen and oxygen atoms in total. The second-order valence-corrected chi connectivity index (χ2v) is 9.64. The number of carbonyl (C=O) groups excluding carboxylic acids is 1. The number of hydrogen-bond donors (Lipinski definition) is 1. The second kappa shape index (κ2) is 9.94. The van der Waals surface area contributed by atoms with Gasteiger partial charge in [-0.1, -0.05) is 38.5 Å². The fourth-order valence-corrected chi connectivity index (χ4v) is 5.86. The number of rotatable bonds is 5. The molecule has 0 radical (unpaired) electrons. The molecule has 3 fully saturated rings. The molecule has 2 aliphatic carbocycles. The average Bonchev–Trinajstić information content (AvgIpc) is 3.10. The third-order valence-corrected chi connectivity index (χ3v) is 7.43. The summed E-state index contributed by atoms with van der Waals surface area (Å²) < 4.78 is 5.10. The highest BCUT2D eigenvalue weighted by molar-refractivity contribution is 8.18. The number of carbonyl (C=O) groups is 1. The minimum absolute atomic E-state index is 0.00160. The van der Waals surface area contributed by atoms with Gasteiger partial charge in [-0.05, 0) is 55.2 Å². The summed E-state index contributed by atoms with van der Waals surface area (Å²) in [5.74, 6) is -0.610. The number of phenols is 1. The predicted octanol–water partition coefficient (Wildman–Crippen LogP) is 5.25. The van der Waals surface area contributed by atoms with Gasteiger partial charge in [0.1, 0.15) is 0 Å². The molecule has 0 unspecified atom stereocenters. The Hall–Kier alpha value is -2.55. The Balaban J connectivity index is 1.69. The lowest BCUT2D eigenvalue weighted by Crippen LogP contribution is -2.41. The van der Waals surface area contributed by atoms with E-state index in [0.717, 1.165) is 43.7 Å². The van der Waals surface area contributed by atoms with Gasteiger partial charge in [-0.25, -0.2) is 0 Å². The third-order valence-electron chi connectivity index (χ3n) is 6.44. The summed E-state index contributed by atoms with van der Waals surface area (Å²) in [6.45, 7) is 0. The zero-order valence-corrected chi connectivity index (χ0v) is 19.1. The maximum absolute atomic E-state index is 13.4. The highest BCUT2D eigenvalue weighted by Crippen LogP contribution is 2.41. The molecule has 0 bridgehead atoms. The van der Waals surface area contributed by atoms with Crippen LogP contribution >= 0.6 is 11.8 Å². The molecular weight excluding hydrogens is 430 g/mol. The highest BCUT2D eigenvalue weighted by Gasteiger charge is 2.39. The van der Waals surface area contributed by atoms with Gasteiger partial charge in [0.05, 0.1) is 23.0 Å². The number of aliphatic imine (C=N–C) groups is 1. The number of phenolic OH excluding ortho intramolecular Hbond substituents is 1. The summed E-state index contributed by atoms with van der Waals surface area (Å²) in [6.07, 6.45) is 12.7. The van der Waals surface area contributed by atoms with Crippen molar-refractivity contribution in [1.29, 1.82) is 0 Å². The molecule has 0 spiro atoms. The van der Waals surface area contributed by atoms with Gasteiger partial charge in [0.2, 0.25) is 5.75 Å². The Morgan fingerprint density at radius 3 is 2.44 bits per heavy atom. The summed E-state index contributed by atoms with van der Waals surface area (Å²) in [4.78, 5) is 31.5. The fourth-order valence-electron chi connectivity index (χ4n) is 4.75. The average molecular weight is 460 g/mol. The molecule has 0 atom stereocenters. The van der Waals surface area contributed by atoms with E-state index in [9.17, 15) is 20.0 Å². The van der Waals surface area contributed by atoms with Crippen molar-refractivity contribution in [2.24, 2.45) is 4.99 Å². The fraction of sp³-hybridized carbons (Fsp3) is 0.565. The molecule has 4 rings (SSSR count). The first-order valence-corrected chi connectivity index (χ1v) is 12.2. The van der Waals surface area contributed by atoms with E-state index in [1.54, 1.807) is 6.08 Å². The van der Waals surface area contributed by atoms with Crippen LogP contribution in [0.2, 0.25) is 0 Å². The van der Waals surface area contributed by atoms with Crippen LogP contribution in [0.4, 0.5) is 5.69 Å². The van der Waals surface area contributed by atoms with Crippen LogP contribution in [-0.4, -0.2) is 45.2 Å². The molecule has 1 aliphatic heterocycles. The summed E-state index contributed by atoms with van der Waals surface area (Å²) in [5, 5.41) is 22.2. The Bertz CT molecular complexity index is 949. The quantitative estimate of drug-likeness (QED) is 0.366. The second-order valence-electron chi connectivity index (χ2n) is 8.63. The number of nitrogens with zero attached hydrogens (tertiary/aromatic N) is 3. The largest absolute Gasteiger partial charge is 0.500 e. The van der Waals surface area contributed by atoms with E-state index in [4.69, 9.17) is 9.73 Å². The first-order valence-electron chi connectivity index (χ1n) is 11.3. The Labute approximate surface area is 191 Å².